The molecule has 6 heteroatoms. The van der Waals surface area contributed by atoms with Crippen LogP contribution in [0, 0.1) is 11.3 Å². The summed E-state index contributed by atoms with van der Waals surface area (Å²) in [6, 6.07) is 0. The van der Waals surface area contributed by atoms with Gasteiger partial charge >= 0.3 is 17.9 Å². The Hall–Kier alpha value is -1.59. The molecule has 0 saturated carbocycles. The first kappa shape index (κ1) is 21.4. The first-order valence-corrected chi connectivity index (χ1v) is 8.44. The van der Waals surface area contributed by atoms with Crippen LogP contribution in [0.15, 0.2) is 0 Å². The monoisotopic (exact) mass is 330 g/mol. The van der Waals surface area contributed by atoms with Gasteiger partial charge in [-0.15, -0.1) is 0 Å². The predicted molar refractivity (Wildman–Crippen MR) is 85.6 cm³/mol. The van der Waals surface area contributed by atoms with Gasteiger partial charge in [-0.05, 0) is 46.5 Å². The van der Waals surface area contributed by atoms with E-state index in [0.29, 0.717) is 19.4 Å². The lowest BCUT2D eigenvalue weighted by molar-refractivity contribution is -0.174. The molecule has 0 N–H and O–H groups in total. The molecule has 0 rings (SSSR count). The zero-order valence-corrected chi connectivity index (χ0v) is 15.0. The van der Waals surface area contributed by atoms with E-state index in [2.05, 4.69) is 0 Å². The fourth-order valence-electron chi connectivity index (χ4n) is 2.46. The molecule has 23 heavy (non-hydrogen) atoms. The Balaban J connectivity index is 5.24. The number of ether oxygens (including phenoxy) is 3. The largest absolute Gasteiger partial charge is 0.466 e. The van der Waals surface area contributed by atoms with Crippen LogP contribution in [-0.2, 0) is 28.6 Å². The maximum absolute atomic E-state index is 12.4. The van der Waals surface area contributed by atoms with Crippen LogP contribution < -0.4 is 0 Å². The Morgan fingerprint density at radius 3 is 1.65 bits per heavy atom. The second-order valence-corrected chi connectivity index (χ2v) is 5.27. The average Bonchev–Trinajstić information content (AvgIpc) is 2.52. The summed E-state index contributed by atoms with van der Waals surface area (Å²) in [6.07, 6.45) is 1.44. The van der Waals surface area contributed by atoms with Crippen LogP contribution in [0.3, 0.4) is 0 Å². The van der Waals surface area contributed by atoms with Crippen molar-refractivity contribution < 1.29 is 28.6 Å². The van der Waals surface area contributed by atoms with E-state index in [1.807, 2.05) is 6.92 Å². The number of hydrogen-bond acceptors (Lipinski definition) is 6. The van der Waals surface area contributed by atoms with Crippen LogP contribution >= 0.6 is 0 Å². The van der Waals surface area contributed by atoms with E-state index in [4.69, 9.17) is 14.2 Å². The molecule has 0 amide bonds. The second kappa shape index (κ2) is 11.0. The van der Waals surface area contributed by atoms with Gasteiger partial charge in [0.15, 0.2) is 5.41 Å². The molecule has 0 aliphatic carbocycles. The maximum atomic E-state index is 12.4. The lowest BCUT2D eigenvalue weighted by atomic mass is 9.78. The minimum atomic E-state index is -1.36. The first-order chi connectivity index (χ1) is 10.9. The summed E-state index contributed by atoms with van der Waals surface area (Å²) in [5.41, 5.74) is -1.36. The third-order valence-electron chi connectivity index (χ3n) is 3.97. The van der Waals surface area contributed by atoms with Crippen molar-refractivity contribution in [1.82, 2.24) is 0 Å². The van der Waals surface area contributed by atoms with E-state index in [1.165, 1.54) is 0 Å². The highest BCUT2D eigenvalue weighted by Gasteiger charge is 2.47. The van der Waals surface area contributed by atoms with Gasteiger partial charge in [0, 0.05) is 0 Å². The van der Waals surface area contributed by atoms with E-state index in [1.54, 1.807) is 27.7 Å². The summed E-state index contributed by atoms with van der Waals surface area (Å²) in [4.78, 5) is 36.7. The van der Waals surface area contributed by atoms with Gasteiger partial charge in [-0.2, -0.15) is 0 Å². The Morgan fingerprint density at radius 2 is 1.30 bits per heavy atom. The molecule has 0 bridgehead atoms. The molecule has 0 aliphatic heterocycles. The lowest BCUT2D eigenvalue weighted by Gasteiger charge is -2.29. The van der Waals surface area contributed by atoms with Crippen molar-refractivity contribution in [3.63, 3.8) is 0 Å². The van der Waals surface area contributed by atoms with E-state index in [-0.39, 0.29) is 37.9 Å². The molecule has 0 aromatic carbocycles. The molecular weight excluding hydrogens is 300 g/mol. The van der Waals surface area contributed by atoms with Gasteiger partial charge in [0.05, 0.1) is 25.7 Å². The van der Waals surface area contributed by atoms with Crippen molar-refractivity contribution in [2.75, 3.05) is 19.8 Å². The molecular formula is C17H30O6. The minimum absolute atomic E-state index is 0.190. The first-order valence-electron chi connectivity index (χ1n) is 8.44. The van der Waals surface area contributed by atoms with Gasteiger partial charge in [-0.25, -0.2) is 0 Å². The van der Waals surface area contributed by atoms with Gasteiger partial charge in [-0.1, -0.05) is 13.8 Å². The molecule has 0 aromatic rings. The van der Waals surface area contributed by atoms with Crippen molar-refractivity contribution in [1.29, 1.82) is 0 Å². The van der Waals surface area contributed by atoms with Crippen molar-refractivity contribution in [2.24, 2.45) is 11.3 Å². The molecule has 1 atom stereocenters. The summed E-state index contributed by atoms with van der Waals surface area (Å²) in [6.45, 7) is 9.45. The number of hydrogen-bond donors (Lipinski definition) is 0. The molecule has 0 spiro atoms. The van der Waals surface area contributed by atoms with Gasteiger partial charge < -0.3 is 14.2 Å². The van der Waals surface area contributed by atoms with Crippen LogP contribution in [0.2, 0.25) is 0 Å². The van der Waals surface area contributed by atoms with Gasteiger partial charge in [0.2, 0.25) is 0 Å². The zero-order chi connectivity index (χ0) is 17.9. The van der Waals surface area contributed by atoms with Gasteiger partial charge in [-0.3, -0.25) is 14.4 Å². The quantitative estimate of drug-likeness (QED) is 0.329. The number of esters is 3. The topological polar surface area (TPSA) is 78.9 Å². The molecule has 0 aromatic heterocycles. The molecule has 0 aliphatic rings. The van der Waals surface area contributed by atoms with Gasteiger partial charge in [0.25, 0.3) is 0 Å². The van der Waals surface area contributed by atoms with E-state index < -0.39 is 17.4 Å². The molecule has 0 unspecified atom stereocenters. The third-order valence-corrected chi connectivity index (χ3v) is 3.97. The fourth-order valence-corrected chi connectivity index (χ4v) is 2.46. The molecule has 0 radical (unpaired) electrons. The molecule has 134 valence electrons. The van der Waals surface area contributed by atoms with Crippen molar-refractivity contribution in [3.8, 4) is 0 Å². The normalized spacial score (nSPS) is 12.4. The Labute approximate surface area is 138 Å². The highest BCUT2D eigenvalue weighted by molar-refractivity contribution is 6.00. The Bertz CT molecular complexity index is 373. The van der Waals surface area contributed by atoms with Crippen LogP contribution in [-0.4, -0.2) is 37.7 Å². The molecule has 0 saturated heterocycles. The minimum Gasteiger partial charge on any atom is -0.466 e. The van der Waals surface area contributed by atoms with Crippen molar-refractivity contribution in [2.45, 2.75) is 60.3 Å². The van der Waals surface area contributed by atoms with Crippen LogP contribution in [0.4, 0.5) is 0 Å². The summed E-state index contributed by atoms with van der Waals surface area (Å²) < 4.78 is 15.2. The van der Waals surface area contributed by atoms with Crippen LogP contribution in [0.25, 0.3) is 0 Å². The standard InChI is InChI=1S/C17H30O6/c1-6-13(14(18)21-8-3)11-12-17(7-2,15(19)22-9-4)16(20)23-10-5/h13H,6-12H2,1-5H3/t13-/m0/s1. The smallest absolute Gasteiger partial charge is 0.323 e. The number of rotatable bonds is 11. The summed E-state index contributed by atoms with van der Waals surface area (Å²) in [5.74, 6) is -1.81. The highest BCUT2D eigenvalue weighted by Crippen LogP contribution is 2.34. The molecule has 6 nitrogen and oxygen atoms in total. The Morgan fingerprint density at radius 1 is 0.826 bits per heavy atom. The van der Waals surface area contributed by atoms with E-state index in [9.17, 15) is 14.4 Å². The lowest BCUT2D eigenvalue weighted by Crippen LogP contribution is -2.42. The van der Waals surface area contributed by atoms with Crippen LogP contribution in [0.1, 0.15) is 60.3 Å². The second-order valence-electron chi connectivity index (χ2n) is 5.27. The summed E-state index contributed by atoms with van der Waals surface area (Å²) in [7, 11) is 0. The zero-order valence-electron chi connectivity index (χ0n) is 15.0. The van der Waals surface area contributed by atoms with Gasteiger partial charge in [0.1, 0.15) is 0 Å². The maximum Gasteiger partial charge on any atom is 0.323 e. The molecule has 0 heterocycles. The van der Waals surface area contributed by atoms with Crippen molar-refractivity contribution >= 4 is 17.9 Å². The Kier molecular flexibility index (Phi) is 10.3. The van der Waals surface area contributed by atoms with E-state index >= 15 is 0 Å². The predicted octanol–water partition coefficient (Wildman–Crippen LogP) is 2.88. The van der Waals surface area contributed by atoms with Crippen molar-refractivity contribution in [3.05, 3.63) is 0 Å². The average molecular weight is 330 g/mol. The van der Waals surface area contributed by atoms with Crippen LogP contribution in [0.5, 0.6) is 0 Å². The number of carbonyl (C=O) groups is 3. The highest BCUT2D eigenvalue weighted by atomic mass is 16.6. The molecule has 0 fully saturated rings. The van der Waals surface area contributed by atoms with E-state index in [0.717, 1.165) is 0 Å². The SMILES string of the molecule is CCOC(=O)[C@@H](CC)CCC(CC)(C(=O)OCC)C(=O)OCC. The number of carbonyl (C=O) groups excluding carboxylic acids is 3. The summed E-state index contributed by atoms with van der Waals surface area (Å²) >= 11 is 0. The third kappa shape index (κ3) is 5.84. The fraction of sp³-hybridized carbons (Fsp3) is 0.824. The summed E-state index contributed by atoms with van der Waals surface area (Å²) in [5, 5.41) is 0.